The zero-order valence-corrected chi connectivity index (χ0v) is 20.3. The zero-order valence-electron chi connectivity index (χ0n) is 19.5. The van der Waals surface area contributed by atoms with E-state index in [1.54, 1.807) is 11.3 Å². The largest absolute Gasteiger partial charge is 0.338 e. The molecule has 1 aromatic heterocycles. The van der Waals surface area contributed by atoms with Gasteiger partial charge in [-0.25, -0.2) is 4.79 Å². The number of unbranched alkanes of at least 4 members (excludes halogenated alkanes) is 1. The minimum absolute atomic E-state index is 0.0119. The van der Waals surface area contributed by atoms with Gasteiger partial charge in [0.1, 0.15) is 6.54 Å². The summed E-state index contributed by atoms with van der Waals surface area (Å²) < 4.78 is 0. The summed E-state index contributed by atoms with van der Waals surface area (Å²) in [5, 5.41) is 5.12. The smallest absolute Gasteiger partial charge is 0.318 e. The third-order valence-electron chi connectivity index (χ3n) is 6.26. The molecule has 0 spiro atoms. The molecule has 5 nitrogen and oxygen atoms in total. The van der Waals surface area contributed by atoms with Gasteiger partial charge in [0, 0.05) is 24.0 Å². The molecule has 6 heteroatoms. The number of amides is 3. The molecule has 3 amide bonds. The number of thiophene rings is 1. The number of nitrogens with one attached hydrogen (secondary N) is 1. The predicted octanol–water partition coefficient (Wildman–Crippen LogP) is 5.73. The minimum Gasteiger partial charge on any atom is -0.338 e. The first-order valence-electron chi connectivity index (χ1n) is 12.0. The Morgan fingerprint density at radius 1 is 1.06 bits per heavy atom. The summed E-state index contributed by atoms with van der Waals surface area (Å²) in [4.78, 5) is 31.6. The molecule has 0 unspecified atom stereocenters. The summed E-state index contributed by atoms with van der Waals surface area (Å²) in [5.41, 5.74) is 2.31. The molecule has 0 bridgehead atoms. The minimum atomic E-state index is -0.0920. The molecule has 0 saturated heterocycles. The Labute approximate surface area is 196 Å². The number of hydrogen-bond acceptors (Lipinski definition) is 3. The van der Waals surface area contributed by atoms with E-state index in [4.69, 9.17) is 0 Å². The maximum Gasteiger partial charge on any atom is 0.318 e. The molecule has 0 radical (unpaired) electrons. The summed E-state index contributed by atoms with van der Waals surface area (Å²) in [6.07, 6.45) is 7.42. The highest BCUT2D eigenvalue weighted by Gasteiger charge is 2.29. The molecule has 1 heterocycles. The first-order valence-corrected chi connectivity index (χ1v) is 12.9. The van der Waals surface area contributed by atoms with Crippen molar-refractivity contribution in [3.05, 3.63) is 57.8 Å². The van der Waals surface area contributed by atoms with Crippen molar-refractivity contribution in [1.82, 2.24) is 15.1 Å². The standard InChI is InChI=1S/C26H37N3O2S/c1-3-4-16-27-26(31)29(23-13-9-6-10-14-23)20-25(30)28(18-22-11-7-5-8-12-22)19-24-21(2)15-17-32-24/h5,7-8,11-12,15,17,23H,3-4,6,9-10,13-14,16,18-20H2,1-2H3,(H,27,31). The summed E-state index contributed by atoms with van der Waals surface area (Å²) in [7, 11) is 0. The molecule has 1 saturated carbocycles. The number of carbonyl (C=O) groups excluding carboxylic acids is 2. The van der Waals surface area contributed by atoms with Crippen LogP contribution in [0, 0.1) is 6.92 Å². The predicted molar refractivity (Wildman–Crippen MR) is 132 cm³/mol. The molecule has 1 fully saturated rings. The lowest BCUT2D eigenvalue weighted by molar-refractivity contribution is -0.133. The van der Waals surface area contributed by atoms with Crippen LogP contribution < -0.4 is 5.32 Å². The van der Waals surface area contributed by atoms with Crippen molar-refractivity contribution < 1.29 is 9.59 Å². The average Bonchev–Trinajstić information content (AvgIpc) is 3.22. The van der Waals surface area contributed by atoms with Crippen LogP contribution in [-0.4, -0.2) is 40.9 Å². The van der Waals surface area contributed by atoms with Crippen LogP contribution >= 0.6 is 11.3 Å². The fraction of sp³-hybridized carbons (Fsp3) is 0.538. The number of aryl methyl sites for hydroxylation is 1. The SMILES string of the molecule is CCCCNC(=O)N(CC(=O)N(Cc1ccccc1)Cc1sccc1C)C1CCCCC1. The van der Waals surface area contributed by atoms with Crippen molar-refractivity contribution in [2.45, 2.75) is 77.9 Å². The van der Waals surface area contributed by atoms with Crippen molar-refractivity contribution >= 4 is 23.3 Å². The first kappa shape index (κ1) is 24.3. The molecular formula is C26H37N3O2S. The monoisotopic (exact) mass is 455 g/mol. The quantitative estimate of drug-likeness (QED) is 0.465. The number of nitrogens with zero attached hydrogens (tertiary/aromatic N) is 2. The molecule has 1 N–H and O–H groups in total. The summed E-state index contributed by atoms with van der Waals surface area (Å²) in [5.74, 6) is 0.0119. The van der Waals surface area contributed by atoms with Crippen molar-refractivity contribution in [1.29, 1.82) is 0 Å². The summed E-state index contributed by atoms with van der Waals surface area (Å²) in [6, 6.07) is 12.3. The van der Waals surface area contributed by atoms with Gasteiger partial charge in [-0.2, -0.15) is 0 Å². The fourth-order valence-electron chi connectivity index (χ4n) is 4.25. The van der Waals surface area contributed by atoms with Crippen LogP contribution in [0.2, 0.25) is 0 Å². The Balaban J connectivity index is 1.76. The summed E-state index contributed by atoms with van der Waals surface area (Å²) in [6.45, 7) is 6.13. The molecule has 32 heavy (non-hydrogen) atoms. The molecule has 1 aromatic carbocycles. The number of benzene rings is 1. The molecule has 1 aliphatic rings. The van der Waals surface area contributed by atoms with Gasteiger partial charge >= 0.3 is 6.03 Å². The van der Waals surface area contributed by atoms with E-state index in [9.17, 15) is 9.59 Å². The van der Waals surface area contributed by atoms with Gasteiger partial charge in [0.25, 0.3) is 0 Å². The molecule has 174 valence electrons. The van der Waals surface area contributed by atoms with Gasteiger partial charge in [-0.15, -0.1) is 11.3 Å². The normalized spacial score (nSPS) is 14.2. The first-order chi connectivity index (χ1) is 15.6. The van der Waals surface area contributed by atoms with E-state index in [0.717, 1.165) is 44.1 Å². The second-order valence-corrected chi connectivity index (χ2v) is 9.77. The van der Waals surface area contributed by atoms with Crippen LogP contribution in [0.25, 0.3) is 0 Å². The highest BCUT2D eigenvalue weighted by atomic mass is 32.1. The number of rotatable bonds is 10. The van der Waals surface area contributed by atoms with Gasteiger partial charge in [0.05, 0.1) is 6.54 Å². The van der Waals surface area contributed by atoms with E-state index < -0.39 is 0 Å². The Hall–Kier alpha value is -2.34. The van der Waals surface area contributed by atoms with Gasteiger partial charge in [0.15, 0.2) is 0 Å². The molecule has 3 rings (SSSR count). The van der Waals surface area contributed by atoms with Crippen LogP contribution in [0.4, 0.5) is 4.79 Å². The Bertz CT molecular complexity index is 846. The van der Waals surface area contributed by atoms with E-state index in [2.05, 4.69) is 42.7 Å². The highest BCUT2D eigenvalue weighted by molar-refractivity contribution is 7.10. The maximum atomic E-state index is 13.6. The highest BCUT2D eigenvalue weighted by Crippen LogP contribution is 2.24. The third kappa shape index (κ3) is 7.09. The second kappa shape index (κ2) is 12.6. The molecule has 0 aliphatic heterocycles. The van der Waals surface area contributed by atoms with Crippen LogP contribution in [0.3, 0.4) is 0 Å². The lowest BCUT2D eigenvalue weighted by Crippen LogP contribution is -2.51. The fourth-order valence-corrected chi connectivity index (χ4v) is 5.18. The van der Waals surface area contributed by atoms with Crippen LogP contribution in [0.5, 0.6) is 0 Å². The van der Waals surface area contributed by atoms with Crippen LogP contribution in [0.15, 0.2) is 41.8 Å². The van der Waals surface area contributed by atoms with Gasteiger partial charge < -0.3 is 15.1 Å². The lowest BCUT2D eigenvalue weighted by Gasteiger charge is -2.35. The Morgan fingerprint density at radius 3 is 2.47 bits per heavy atom. The van der Waals surface area contributed by atoms with E-state index in [0.29, 0.717) is 19.6 Å². The molecule has 1 aliphatic carbocycles. The molecule has 0 atom stereocenters. The number of urea groups is 1. The zero-order chi connectivity index (χ0) is 22.8. The van der Waals surface area contributed by atoms with Gasteiger partial charge in [0.2, 0.25) is 5.91 Å². The average molecular weight is 456 g/mol. The van der Waals surface area contributed by atoms with E-state index in [1.807, 2.05) is 28.0 Å². The maximum absolute atomic E-state index is 13.6. The third-order valence-corrected chi connectivity index (χ3v) is 7.27. The van der Waals surface area contributed by atoms with Crippen molar-refractivity contribution in [3.8, 4) is 0 Å². The van der Waals surface area contributed by atoms with Gasteiger partial charge in [-0.1, -0.05) is 62.9 Å². The van der Waals surface area contributed by atoms with Gasteiger partial charge in [-0.05, 0) is 48.8 Å². The Kier molecular flexibility index (Phi) is 9.60. The van der Waals surface area contributed by atoms with E-state index in [1.165, 1.54) is 16.9 Å². The summed E-state index contributed by atoms with van der Waals surface area (Å²) >= 11 is 1.69. The number of hydrogen-bond donors (Lipinski definition) is 1. The van der Waals surface area contributed by atoms with Crippen LogP contribution in [-0.2, 0) is 17.9 Å². The van der Waals surface area contributed by atoms with Gasteiger partial charge in [-0.3, -0.25) is 4.79 Å². The van der Waals surface area contributed by atoms with Crippen LogP contribution in [0.1, 0.15) is 67.9 Å². The second-order valence-electron chi connectivity index (χ2n) is 8.77. The molecular weight excluding hydrogens is 418 g/mol. The van der Waals surface area contributed by atoms with Crippen molar-refractivity contribution in [3.63, 3.8) is 0 Å². The topological polar surface area (TPSA) is 52.7 Å². The Morgan fingerprint density at radius 2 is 1.81 bits per heavy atom. The van der Waals surface area contributed by atoms with E-state index >= 15 is 0 Å². The van der Waals surface area contributed by atoms with E-state index in [-0.39, 0.29) is 24.5 Å². The molecule has 2 aromatic rings. The van der Waals surface area contributed by atoms with Crippen molar-refractivity contribution in [2.24, 2.45) is 0 Å². The number of carbonyl (C=O) groups is 2. The lowest BCUT2D eigenvalue weighted by atomic mass is 9.94. The van der Waals surface area contributed by atoms with Crippen molar-refractivity contribution in [2.75, 3.05) is 13.1 Å².